The fraction of sp³-hybridized carbons (Fsp3) is 0.527. The van der Waals surface area contributed by atoms with E-state index in [9.17, 15) is 24.3 Å². The van der Waals surface area contributed by atoms with E-state index in [1.807, 2.05) is 33.1 Å². The summed E-state index contributed by atoms with van der Waals surface area (Å²) in [4.78, 5) is 87.4. The second-order valence-corrected chi connectivity index (χ2v) is 25.8. The van der Waals surface area contributed by atoms with E-state index < -0.39 is 121 Å². The van der Waals surface area contributed by atoms with Crippen molar-refractivity contribution in [3.63, 3.8) is 0 Å². The second-order valence-electron chi connectivity index (χ2n) is 20.2. The molecule has 1 saturated heterocycles. The van der Waals surface area contributed by atoms with Crippen LogP contribution in [0, 0.1) is 16.7 Å². The largest absolute Gasteiger partial charge is 0.456 e. The van der Waals surface area contributed by atoms with Crippen molar-refractivity contribution in [1.82, 2.24) is 5.32 Å². The Kier molecular flexibility index (Phi) is 16.5. The van der Waals surface area contributed by atoms with Crippen LogP contribution in [0.25, 0.3) is 0 Å². The van der Waals surface area contributed by atoms with Crippen LogP contribution in [-0.2, 0) is 52.0 Å². The number of esters is 4. The maximum atomic E-state index is 16.2. The molecule has 1 amide bonds. The molecule has 11 atom stereocenters. The number of amides is 1. The van der Waals surface area contributed by atoms with Gasteiger partial charge in [-0.3, -0.25) is 19.2 Å². The Labute approximate surface area is 427 Å². The van der Waals surface area contributed by atoms with E-state index in [0.717, 1.165) is 0 Å². The van der Waals surface area contributed by atoms with Crippen molar-refractivity contribution in [3.05, 3.63) is 119 Å². The van der Waals surface area contributed by atoms with Crippen LogP contribution in [0.4, 0.5) is 0 Å². The number of fused-ring (bicyclic) bond motifs is 5. The number of thioether (sulfide) groups is 1. The quantitative estimate of drug-likeness (QED) is 0.0407. The lowest BCUT2D eigenvalue weighted by Gasteiger charge is -2.67. The first-order chi connectivity index (χ1) is 34.2. The van der Waals surface area contributed by atoms with E-state index in [4.69, 9.17) is 32.8 Å². The van der Waals surface area contributed by atoms with Crippen LogP contribution in [0.5, 0.6) is 0 Å². The third-order valence-electron chi connectivity index (χ3n) is 16.1. The summed E-state index contributed by atoms with van der Waals surface area (Å²) in [5, 5.41) is 17.3. The molecule has 1 aliphatic heterocycles. The molecule has 3 aliphatic carbocycles. The number of aliphatic hydroxyl groups is 1. The molecule has 0 aromatic heterocycles. The lowest BCUT2D eigenvalue weighted by Crippen LogP contribution is -2.82. The average molecular weight is 1030 g/mol. The minimum atomic E-state index is -2.74. The number of rotatable bonds is 18. The number of ketones is 1. The molecule has 17 heteroatoms. The van der Waals surface area contributed by atoms with Gasteiger partial charge in [0.1, 0.15) is 23.9 Å². The molecule has 4 aliphatic rings. The summed E-state index contributed by atoms with van der Waals surface area (Å²) in [6.07, 6.45) is -6.71. The van der Waals surface area contributed by atoms with Crippen LogP contribution in [0.15, 0.2) is 102 Å². The lowest BCUT2D eigenvalue weighted by molar-refractivity contribution is -0.347. The predicted molar refractivity (Wildman–Crippen MR) is 271 cm³/mol. The monoisotopic (exact) mass is 1030 g/mol. The number of hydrogen-bond donors (Lipinski definition) is 2. The van der Waals surface area contributed by atoms with E-state index in [0.29, 0.717) is 34.8 Å². The molecule has 15 nitrogen and oxygen atoms in total. The van der Waals surface area contributed by atoms with Crippen molar-refractivity contribution < 1.29 is 66.7 Å². The van der Waals surface area contributed by atoms with Crippen molar-refractivity contribution in [2.75, 3.05) is 18.8 Å². The molecule has 3 aromatic carbocycles. The lowest BCUT2D eigenvalue weighted by atomic mass is 9.44. The highest BCUT2D eigenvalue weighted by molar-refractivity contribution is 7.98. The van der Waals surface area contributed by atoms with Crippen LogP contribution in [0.1, 0.15) is 107 Å². The Bertz CT molecular complexity index is 2510. The molecule has 7 rings (SSSR count). The summed E-state index contributed by atoms with van der Waals surface area (Å²) in [7, 11) is -2.74. The van der Waals surface area contributed by atoms with Crippen molar-refractivity contribution >= 4 is 55.6 Å². The fourth-order valence-corrected chi connectivity index (χ4v) is 15.0. The smallest absolute Gasteiger partial charge is 0.338 e. The van der Waals surface area contributed by atoms with Gasteiger partial charge in [0, 0.05) is 37.7 Å². The number of Topliss-reactive ketones (excluding diaryl/α,β-unsaturated/α-hetero) is 1. The summed E-state index contributed by atoms with van der Waals surface area (Å²) >= 11 is 1.36. The van der Waals surface area contributed by atoms with Gasteiger partial charge in [0.25, 0.3) is 5.91 Å². The number of benzene rings is 3. The van der Waals surface area contributed by atoms with Crippen LogP contribution in [-0.4, -0.2) is 116 Å². The molecular formula is C55H69NO14SSi. The van der Waals surface area contributed by atoms with Gasteiger partial charge in [-0.2, -0.15) is 0 Å². The fourth-order valence-electron chi connectivity index (χ4n) is 11.9. The van der Waals surface area contributed by atoms with E-state index >= 15 is 9.59 Å². The highest BCUT2D eigenvalue weighted by Crippen LogP contribution is 2.65. The topological polar surface area (TPSA) is 199 Å². The minimum Gasteiger partial charge on any atom is -0.456 e. The van der Waals surface area contributed by atoms with Crippen molar-refractivity contribution in [3.8, 4) is 0 Å². The standard InChI is InChI=1S/C55H69NO14SSi/c1-11-72(12-2,13-3)70-45(43(36-23-17-14-18-24-36)56-49(60)37-25-19-15-20-26-37)51(62)67-39-30-55(63)48(68-50(61)38-27-21-16-22-28-38)46-53(9,47(59)44(66-34(5)57)42(33(39)4)52(55,7)8)40(65-32-71-10)29-41-54(46,31-64-41)69-35(6)58/h14-28,39-41,43-46,48,63H,11-13,29-32H2,1-10H3,(H,56,60)/t39-,40-,41+,43-,44+,45+,46-,48-,53+,54-,55+/m0/s1. The molecule has 0 radical (unpaired) electrons. The summed E-state index contributed by atoms with van der Waals surface area (Å²) in [6, 6.07) is 26.6. The van der Waals surface area contributed by atoms with Gasteiger partial charge in [-0.15, -0.1) is 11.8 Å². The zero-order chi connectivity index (χ0) is 52.4. The molecule has 72 heavy (non-hydrogen) atoms. The van der Waals surface area contributed by atoms with Gasteiger partial charge in [0.05, 0.1) is 41.6 Å². The van der Waals surface area contributed by atoms with Gasteiger partial charge < -0.3 is 43.3 Å². The minimum absolute atomic E-state index is 0.0572. The summed E-state index contributed by atoms with van der Waals surface area (Å²) in [5.41, 5.74) is -5.96. The first kappa shape index (κ1) is 54.6. The van der Waals surface area contributed by atoms with Crippen molar-refractivity contribution in [1.29, 1.82) is 0 Å². The normalized spacial score (nSPS) is 29.3. The number of carbonyl (C=O) groups excluding carboxylic acids is 6. The Morgan fingerprint density at radius 1 is 0.833 bits per heavy atom. The van der Waals surface area contributed by atoms with Gasteiger partial charge >= 0.3 is 23.9 Å². The van der Waals surface area contributed by atoms with Gasteiger partial charge in [-0.05, 0) is 79.2 Å². The van der Waals surface area contributed by atoms with Gasteiger partial charge in [0.2, 0.25) is 0 Å². The summed E-state index contributed by atoms with van der Waals surface area (Å²) in [5.74, 6) is -5.68. The molecule has 2 N–H and O–H groups in total. The van der Waals surface area contributed by atoms with Crippen molar-refractivity contribution in [2.45, 2.75) is 147 Å². The number of hydrogen-bond acceptors (Lipinski definition) is 15. The first-order valence-corrected chi connectivity index (χ1v) is 28.7. The van der Waals surface area contributed by atoms with Gasteiger partial charge in [0.15, 0.2) is 31.9 Å². The molecule has 0 unspecified atom stereocenters. The van der Waals surface area contributed by atoms with Crippen molar-refractivity contribution in [2.24, 2.45) is 16.7 Å². The first-order valence-electron chi connectivity index (χ1n) is 24.8. The molecule has 388 valence electrons. The average Bonchev–Trinajstić information content (AvgIpc) is 3.36. The van der Waals surface area contributed by atoms with Gasteiger partial charge in [-0.1, -0.05) is 101 Å². The third kappa shape index (κ3) is 9.84. The number of carbonyl (C=O) groups is 6. The highest BCUT2D eigenvalue weighted by atomic mass is 32.2. The molecular weight excluding hydrogens is 959 g/mol. The predicted octanol–water partition coefficient (Wildman–Crippen LogP) is 8.11. The van der Waals surface area contributed by atoms with E-state index in [2.05, 4.69) is 5.32 Å². The SMILES string of the molecule is CC[Si](CC)(CC)O[C@@H](C(=O)O[C@H]1C[C@@]2(O)[C@@H](OC(=O)c3ccccc3)[C@@H]3[C@]4(OC(C)=O)CO[C@@H]4C[C@H](OCSC)[C@@]3(C)C(=O)[C@H](OC(C)=O)C(=C1C)C2(C)C)[C@@H](NC(=O)c1ccccc1)c1ccccc1. The van der Waals surface area contributed by atoms with Gasteiger partial charge in [-0.25, -0.2) is 9.59 Å². The Morgan fingerprint density at radius 2 is 1.42 bits per heavy atom. The second kappa shape index (κ2) is 21.7. The molecule has 3 aromatic rings. The Morgan fingerprint density at radius 3 is 1.94 bits per heavy atom. The highest BCUT2D eigenvalue weighted by Gasteiger charge is 2.78. The molecule has 2 saturated carbocycles. The summed E-state index contributed by atoms with van der Waals surface area (Å²) in [6.45, 7) is 14.8. The Balaban J connectivity index is 1.46. The number of ether oxygens (including phenoxy) is 6. The van der Waals surface area contributed by atoms with E-state index in [-0.39, 0.29) is 30.1 Å². The van der Waals surface area contributed by atoms with Crippen LogP contribution < -0.4 is 5.32 Å². The van der Waals surface area contributed by atoms with Crippen LogP contribution in [0.2, 0.25) is 18.1 Å². The molecule has 0 spiro atoms. The zero-order valence-corrected chi connectivity index (χ0v) is 44.7. The van der Waals surface area contributed by atoms with E-state index in [1.54, 1.807) is 113 Å². The molecule has 1 heterocycles. The summed E-state index contributed by atoms with van der Waals surface area (Å²) < 4.78 is 45.6. The zero-order valence-electron chi connectivity index (χ0n) is 42.9. The molecule has 3 fully saturated rings. The maximum Gasteiger partial charge on any atom is 0.338 e. The third-order valence-corrected chi connectivity index (χ3v) is 21.1. The molecule has 2 bridgehead atoms. The van der Waals surface area contributed by atoms with Crippen LogP contribution >= 0.6 is 11.8 Å². The van der Waals surface area contributed by atoms with E-state index in [1.165, 1.54) is 25.6 Å². The van der Waals surface area contributed by atoms with Crippen LogP contribution in [0.3, 0.4) is 0 Å². The number of nitrogens with one attached hydrogen (secondary N) is 1. The Hall–Kier alpha value is -5.17. The maximum absolute atomic E-state index is 16.2.